The Balaban J connectivity index is 3.99. The summed E-state index contributed by atoms with van der Waals surface area (Å²) < 4.78 is 0. The minimum Gasteiger partial charge on any atom is -0.343 e. The Hall–Kier alpha value is -1.57. The second kappa shape index (κ2) is 6.00. The molecular weight excluding hydrogens is 168 g/mol. The van der Waals surface area contributed by atoms with Gasteiger partial charge in [0.1, 0.15) is 6.42 Å². The molecule has 13 heavy (non-hydrogen) atoms. The van der Waals surface area contributed by atoms with Gasteiger partial charge in [0.05, 0.1) is 6.07 Å². The molecule has 0 saturated carbocycles. The Labute approximate surface area is 77.8 Å². The van der Waals surface area contributed by atoms with Gasteiger partial charge < -0.3 is 4.90 Å². The van der Waals surface area contributed by atoms with Crippen LogP contribution < -0.4 is 5.32 Å². The number of guanidine groups is 1. The van der Waals surface area contributed by atoms with Crippen LogP contribution in [0.3, 0.4) is 0 Å². The van der Waals surface area contributed by atoms with Crippen LogP contribution >= 0.6 is 0 Å². The maximum absolute atomic E-state index is 10.9. The van der Waals surface area contributed by atoms with Crippen molar-refractivity contribution in [3.05, 3.63) is 0 Å². The van der Waals surface area contributed by atoms with Gasteiger partial charge in [0.15, 0.2) is 5.96 Å². The van der Waals surface area contributed by atoms with E-state index in [2.05, 4.69) is 5.32 Å². The second-order valence-corrected chi connectivity index (χ2v) is 2.40. The number of nitrogens with one attached hydrogen (secondary N) is 2. The van der Waals surface area contributed by atoms with Gasteiger partial charge in [0, 0.05) is 13.1 Å². The summed E-state index contributed by atoms with van der Waals surface area (Å²) in [4.78, 5) is 12.6. The van der Waals surface area contributed by atoms with Crippen LogP contribution in [0.4, 0.5) is 0 Å². The average Bonchev–Trinajstić information content (AvgIpc) is 2.06. The van der Waals surface area contributed by atoms with Crippen molar-refractivity contribution < 1.29 is 4.79 Å². The highest BCUT2D eigenvalue weighted by molar-refractivity contribution is 5.96. The molecule has 5 heteroatoms. The second-order valence-electron chi connectivity index (χ2n) is 2.40. The van der Waals surface area contributed by atoms with Crippen molar-refractivity contribution in [2.45, 2.75) is 20.3 Å². The first kappa shape index (κ1) is 11.4. The molecule has 0 unspecified atom stereocenters. The van der Waals surface area contributed by atoms with E-state index in [4.69, 9.17) is 10.7 Å². The summed E-state index contributed by atoms with van der Waals surface area (Å²) in [6.45, 7) is 5.13. The van der Waals surface area contributed by atoms with Crippen molar-refractivity contribution in [1.82, 2.24) is 10.2 Å². The molecule has 0 bridgehead atoms. The summed E-state index contributed by atoms with van der Waals surface area (Å²) in [6.07, 6.45) is -0.205. The number of rotatable bonds is 3. The first-order chi connectivity index (χ1) is 6.15. The van der Waals surface area contributed by atoms with Gasteiger partial charge in [0.25, 0.3) is 0 Å². The van der Waals surface area contributed by atoms with E-state index < -0.39 is 5.91 Å². The van der Waals surface area contributed by atoms with Gasteiger partial charge in [-0.1, -0.05) is 0 Å². The molecule has 0 fully saturated rings. The van der Waals surface area contributed by atoms with E-state index in [9.17, 15) is 4.79 Å². The molecule has 0 heterocycles. The maximum Gasteiger partial charge on any atom is 0.240 e. The van der Waals surface area contributed by atoms with Crippen molar-refractivity contribution in [2.24, 2.45) is 0 Å². The highest BCUT2D eigenvalue weighted by Crippen LogP contribution is 1.87. The van der Waals surface area contributed by atoms with Gasteiger partial charge in [-0.2, -0.15) is 5.26 Å². The molecule has 0 aromatic heterocycles. The number of hydrogen-bond donors (Lipinski definition) is 2. The van der Waals surface area contributed by atoms with Gasteiger partial charge in [-0.25, -0.2) is 0 Å². The van der Waals surface area contributed by atoms with E-state index in [-0.39, 0.29) is 12.4 Å². The third-order valence-electron chi connectivity index (χ3n) is 1.58. The lowest BCUT2D eigenvalue weighted by Crippen LogP contribution is -2.43. The normalized spacial score (nSPS) is 8.69. The minimum absolute atomic E-state index is 0.0604. The van der Waals surface area contributed by atoms with Crippen molar-refractivity contribution in [1.29, 1.82) is 10.7 Å². The molecule has 0 aliphatic heterocycles. The zero-order chi connectivity index (χ0) is 10.3. The molecule has 72 valence electrons. The van der Waals surface area contributed by atoms with E-state index in [1.54, 1.807) is 11.0 Å². The van der Waals surface area contributed by atoms with Crippen LogP contribution in [0.25, 0.3) is 0 Å². The molecule has 0 rings (SSSR count). The van der Waals surface area contributed by atoms with Crippen molar-refractivity contribution in [2.75, 3.05) is 13.1 Å². The SMILES string of the molecule is CCN(CC)C(=N)NC(=O)CC#N. The van der Waals surface area contributed by atoms with Crippen LogP contribution in [0.5, 0.6) is 0 Å². The van der Waals surface area contributed by atoms with Crippen molar-refractivity contribution >= 4 is 11.9 Å². The van der Waals surface area contributed by atoms with Crippen LogP contribution in [0.15, 0.2) is 0 Å². The fraction of sp³-hybridized carbons (Fsp3) is 0.625. The predicted molar refractivity (Wildman–Crippen MR) is 49.0 cm³/mol. The standard InChI is InChI=1S/C8H14N4O/c1-3-12(4-2)8(10)11-7(13)5-6-9/h3-5H2,1-2H3,(H2,10,11,13). The van der Waals surface area contributed by atoms with E-state index in [0.717, 1.165) is 0 Å². The molecule has 0 radical (unpaired) electrons. The molecule has 0 atom stereocenters. The van der Waals surface area contributed by atoms with E-state index in [0.29, 0.717) is 13.1 Å². The topological polar surface area (TPSA) is 80.0 Å². The molecule has 2 N–H and O–H groups in total. The van der Waals surface area contributed by atoms with Gasteiger partial charge in [-0.05, 0) is 13.8 Å². The maximum atomic E-state index is 10.9. The Morgan fingerprint density at radius 2 is 2.08 bits per heavy atom. The number of carbonyl (C=O) groups excluding carboxylic acids is 1. The third kappa shape index (κ3) is 4.11. The molecule has 0 saturated heterocycles. The lowest BCUT2D eigenvalue weighted by Gasteiger charge is -2.20. The number of nitrogens with zero attached hydrogens (tertiary/aromatic N) is 2. The molecule has 0 spiro atoms. The van der Waals surface area contributed by atoms with Gasteiger partial charge >= 0.3 is 0 Å². The largest absolute Gasteiger partial charge is 0.343 e. The predicted octanol–water partition coefficient (Wildman–Crippen LogP) is 0.293. The summed E-state index contributed by atoms with van der Waals surface area (Å²) in [5, 5.41) is 18.0. The fourth-order valence-electron chi connectivity index (χ4n) is 0.867. The molecule has 0 aliphatic rings. The fourth-order valence-corrected chi connectivity index (χ4v) is 0.867. The first-order valence-electron chi connectivity index (χ1n) is 4.16. The third-order valence-corrected chi connectivity index (χ3v) is 1.58. The molecular formula is C8H14N4O. The number of amides is 1. The lowest BCUT2D eigenvalue weighted by molar-refractivity contribution is -0.118. The van der Waals surface area contributed by atoms with Crippen LogP contribution in [-0.2, 0) is 4.79 Å². The van der Waals surface area contributed by atoms with E-state index in [1.807, 2.05) is 13.8 Å². The highest BCUT2D eigenvalue weighted by atomic mass is 16.1. The Morgan fingerprint density at radius 1 is 1.54 bits per heavy atom. The van der Waals surface area contributed by atoms with Gasteiger partial charge in [-0.15, -0.1) is 0 Å². The van der Waals surface area contributed by atoms with Crippen molar-refractivity contribution in [3.8, 4) is 6.07 Å². The van der Waals surface area contributed by atoms with E-state index >= 15 is 0 Å². The Morgan fingerprint density at radius 3 is 2.46 bits per heavy atom. The number of nitriles is 1. The number of hydrogen-bond acceptors (Lipinski definition) is 3. The summed E-state index contributed by atoms with van der Waals surface area (Å²) >= 11 is 0. The first-order valence-corrected chi connectivity index (χ1v) is 4.16. The van der Waals surface area contributed by atoms with Gasteiger partial charge in [0.2, 0.25) is 5.91 Å². The molecule has 5 nitrogen and oxygen atoms in total. The summed E-state index contributed by atoms with van der Waals surface area (Å²) in [7, 11) is 0. The monoisotopic (exact) mass is 182 g/mol. The summed E-state index contributed by atoms with van der Waals surface area (Å²) in [6, 6.07) is 1.72. The average molecular weight is 182 g/mol. The molecule has 0 aromatic carbocycles. The van der Waals surface area contributed by atoms with Crippen LogP contribution in [0.2, 0.25) is 0 Å². The summed E-state index contributed by atoms with van der Waals surface area (Å²) in [5.74, 6) is -0.371. The zero-order valence-electron chi connectivity index (χ0n) is 7.92. The van der Waals surface area contributed by atoms with E-state index in [1.165, 1.54) is 0 Å². The summed E-state index contributed by atoms with van der Waals surface area (Å²) in [5.41, 5.74) is 0. The van der Waals surface area contributed by atoms with Crippen molar-refractivity contribution in [3.63, 3.8) is 0 Å². The number of carbonyl (C=O) groups is 1. The van der Waals surface area contributed by atoms with Crippen LogP contribution in [0.1, 0.15) is 20.3 Å². The molecule has 0 aliphatic carbocycles. The quantitative estimate of drug-likeness (QED) is 0.486. The zero-order valence-corrected chi connectivity index (χ0v) is 7.92. The lowest BCUT2D eigenvalue weighted by atomic mass is 10.4. The highest BCUT2D eigenvalue weighted by Gasteiger charge is 2.08. The van der Waals surface area contributed by atoms with Crippen LogP contribution in [-0.4, -0.2) is 29.9 Å². The minimum atomic E-state index is -0.431. The molecule has 1 amide bonds. The van der Waals surface area contributed by atoms with Gasteiger partial charge in [-0.3, -0.25) is 15.5 Å². The molecule has 0 aromatic rings. The van der Waals surface area contributed by atoms with Crippen LogP contribution in [0, 0.1) is 16.7 Å². The Kier molecular flexibility index (Phi) is 5.28. The Bertz CT molecular complexity index is 227. The smallest absolute Gasteiger partial charge is 0.240 e.